The van der Waals surface area contributed by atoms with Crippen LogP contribution in [0, 0.1) is 6.92 Å². The van der Waals surface area contributed by atoms with Gasteiger partial charge in [0.05, 0.1) is 5.69 Å². The number of pyridine rings is 1. The highest BCUT2D eigenvalue weighted by Crippen LogP contribution is 2.21. The van der Waals surface area contributed by atoms with Gasteiger partial charge in [0.25, 0.3) is 0 Å². The highest BCUT2D eigenvalue weighted by atomic mass is 15.0. The Balaban J connectivity index is 2.21. The summed E-state index contributed by atoms with van der Waals surface area (Å²) in [6.45, 7) is 3.25. The zero-order valence-corrected chi connectivity index (χ0v) is 7.38. The summed E-state index contributed by atoms with van der Waals surface area (Å²) in [7, 11) is 0. The Morgan fingerprint density at radius 3 is 3.17 bits per heavy atom. The van der Waals surface area contributed by atoms with E-state index in [4.69, 9.17) is 0 Å². The van der Waals surface area contributed by atoms with Gasteiger partial charge in [-0.25, -0.2) is 0 Å². The van der Waals surface area contributed by atoms with Crippen molar-refractivity contribution in [2.75, 3.05) is 6.54 Å². The first-order valence-electron chi connectivity index (χ1n) is 4.52. The molecule has 2 nitrogen and oxygen atoms in total. The molecule has 0 amide bonds. The van der Waals surface area contributed by atoms with Gasteiger partial charge >= 0.3 is 0 Å². The van der Waals surface area contributed by atoms with Crippen molar-refractivity contribution in [3.05, 3.63) is 29.6 Å². The standard InChI is InChI=1S/C10H14N2/c1-8-4-6-12-10(7-8)9-3-2-5-11-9/h4,6-7,9,11H,2-3,5H2,1H3. The lowest BCUT2D eigenvalue weighted by Gasteiger charge is -2.09. The van der Waals surface area contributed by atoms with E-state index in [1.165, 1.54) is 24.1 Å². The normalized spacial score (nSPS) is 22.9. The molecule has 2 heterocycles. The van der Waals surface area contributed by atoms with Crippen molar-refractivity contribution in [1.82, 2.24) is 10.3 Å². The zero-order valence-electron chi connectivity index (χ0n) is 7.38. The Kier molecular flexibility index (Phi) is 2.09. The summed E-state index contributed by atoms with van der Waals surface area (Å²) >= 11 is 0. The van der Waals surface area contributed by atoms with E-state index in [0.717, 1.165) is 6.54 Å². The predicted molar refractivity (Wildman–Crippen MR) is 49.0 cm³/mol. The molecule has 1 aromatic heterocycles. The summed E-state index contributed by atoms with van der Waals surface area (Å²) in [5, 5.41) is 3.44. The Bertz CT molecular complexity index is 264. The summed E-state index contributed by atoms with van der Waals surface area (Å²) < 4.78 is 0. The van der Waals surface area contributed by atoms with Crippen molar-refractivity contribution in [2.24, 2.45) is 0 Å². The number of nitrogens with zero attached hydrogens (tertiary/aromatic N) is 1. The molecule has 1 aliphatic rings. The second-order valence-electron chi connectivity index (χ2n) is 3.41. The molecule has 1 N–H and O–H groups in total. The summed E-state index contributed by atoms with van der Waals surface area (Å²) in [4.78, 5) is 4.36. The molecule has 64 valence electrons. The van der Waals surface area contributed by atoms with Crippen LogP contribution in [0.25, 0.3) is 0 Å². The van der Waals surface area contributed by atoms with Gasteiger partial charge in [0.2, 0.25) is 0 Å². The lowest BCUT2D eigenvalue weighted by molar-refractivity contribution is 0.627. The maximum Gasteiger partial charge on any atom is 0.0575 e. The van der Waals surface area contributed by atoms with E-state index in [9.17, 15) is 0 Å². The third kappa shape index (κ3) is 1.48. The molecule has 0 spiro atoms. The van der Waals surface area contributed by atoms with E-state index >= 15 is 0 Å². The molecule has 2 rings (SSSR count). The molecule has 0 radical (unpaired) electrons. The molecule has 2 heteroatoms. The first-order valence-corrected chi connectivity index (χ1v) is 4.52. The van der Waals surface area contributed by atoms with Gasteiger partial charge in [-0.15, -0.1) is 0 Å². The van der Waals surface area contributed by atoms with Crippen LogP contribution in [0.4, 0.5) is 0 Å². The summed E-state index contributed by atoms with van der Waals surface area (Å²) in [6, 6.07) is 4.71. The first kappa shape index (κ1) is 7.74. The van der Waals surface area contributed by atoms with E-state index in [0.29, 0.717) is 6.04 Å². The minimum absolute atomic E-state index is 0.505. The molecule has 1 atom stereocenters. The Morgan fingerprint density at radius 1 is 1.58 bits per heavy atom. The van der Waals surface area contributed by atoms with E-state index < -0.39 is 0 Å². The highest BCUT2D eigenvalue weighted by Gasteiger charge is 2.16. The van der Waals surface area contributed by atoms with Crippen LogP contribution in [-0.2, 0) is 0 Å². The molecule has 1 aromatic rings. The van der Waals surface area contributed by atoms with Crippen LogP contribution < -0.4 is 5.32 Å². The fourth-order valence-corrected chi connectivity index (χ4v) is 1.69. The summed E-state index contributed by atoms with van der Waals surface area (Å²) in [5.41, 5.74) is 2.50. The van der Waals surface area contributed by atoms with Gasteiger partial charge in [0.1, 0.15) is 0 Å². The fraction of sp³-hybridized carbons (Fsp3) is 0.500. The van der Waals surface area contributed by atoms with Crippen molar-refractivity contribution < 1.29 is 0 Å². The smallest absolute Gasteiger partial charge is 0.0575 e. The molecule has 1 saturated heterocycles. The van der Waals surface area contributed by atoms with E-state index in [1.807, 2.05) is 12.3 Å². The lowest BCUT2D eigenvalue weighted by Crippen LogP contribution is -2.14. The van der Waals surface area contributed by atoms with Gasteiger partial charge < -0.3 is 5.32 Å². The quantitative estimate of drug-likeness (QED) is 0.681. The third-order valence-corrected chi connectivity index (χ3v) is 2.35. The van der Waals surface area contributed by atoms with Gasteiger partial charge in [-0.1, -0.05) is 0 Å². The molecule has 0 bridgehead atoms. The first-order chi connectivity index (χ1) is 5.86. The minimum Gasteiger partial charge on any atom is -0.309 e. The molecule has 1 unspecified atom stereocenters. The Morgan fingerprint density at radius 2 is 2.50 bits per heavy atom. The van der Waals surface area contributed by atoms with Crippen molar-refractivity contribution in [3.63, 3.8) is 0 Å². The van der Waals surface area contributed by atoms with Crippen molar-refractivity contribution in [2.45, 2.75) is 25.8 Å². The van der Waals surface area contributed by atoms with Crippen LogP contribution in [0.5, 0.6) is 0 Å². The fourth-order valence-electron chi connectivity index (χ4n) is 1.69. The second-order valence-corrected chi connectivity index (χ2v) is 3.41. The summed E-state index contributed by atoms with van der Waals surface area (Å²) in [5.74, 6) is 0. The molecular formula is C10H14N2. The van der Waals surface area contributed by atoms with Crippen LogP contribution in [-0.4, -0.2) is 11.5 Å². The predicted octanol–water partition coefficient (Wildman–Crippen LogP) is 1.81. The molecular weight excluding hydrogens is 148 g/mol. The molecule has 0 aromatic carbocycles. The van der Waals surface area contributed by atoms with Gasteiger partial charge in [-0.2, -0.15) is 0 Å². The number of aryl methyl sites for hydroxylation is 1. The van der Waals surface area contributed by atoms with Crippen LogP contribution in [0.15, 0.2) is 18.3 Å². The number of hydrogen-bond donors (Lipinski definition) is 1. The van der Waals surface area contributed by atoms with E-state index in [-0.39, 0.29) is 0 Å². The second kappa shape index (κ2) is 3.23. The van der Waals surface area contributed by atoms with Crippen LogP contribution in [0.1, 0.15) is 30.1 Å². The van der Waals surface area contributed by atoms with Crippen LogP contribution in [0.3, 0.4) is 0 Å². The van der Waals surface area contributed by atoms with Gasteiger partial charge in [-0.3, -0.25) is 4.98 Å². The van der Waals surface area contributed by atoms with Gasteiger partial charge in [0, 0.05) is 12.2 Å². The third-order valence-electron chi connectivity index (χ3n) is 2.35. The topological polar surface area (TPSA) is 24.9 Å². The molecule has 0 saturated carbocycles. The molecule has 1 aliphatic heterocycles. The largest absolute Gasteiger partial charge is 0.309 e. The monoisotopic (exact) mass is 162 g/mol. The van der Waals surface area contributed by atoms with Crippen molar-refractivity contribution in [1.29, 1.82) is 0 Å². The van der Waals surface area contributed by atoms with Gasteiger partial charge in [0.15, 0.2) is 0 Å². The Labute approximate surface area is 73.0 Å². The number of hydrogen-bond acceptors (Lipinski definition) is 2. The number of nitrogens with one attached hydrogen (secondary N) is 1. The average molecular weight is 162 g/mol. The van der Waals surface area contributed by atoms with Crippen LogP contribution >= 0.6 is 0 Å². The molecule has 0 aliphatic carbocycles. The molecule has 1 fully saturated rings. The maximum atomic E-state index is 4.36. The van der Waals surface area contributed by atoms with E-state index in [2.05, 4.69) is 23.3 Å². The van der Waals surface area contributed by atoms with E-state index in [1.54, 1.807) is 0 Å². The van der Waals surface area contributed by atoms with Crippen molar-refractivity contribution in [3.8, 4) is 0 Å². The average Bonchev–Trinajstić information content (AvgIpc) is 2.56. The zero-order chi connectivity index (χ0) is 8.39. The van der Waals surface area contributed by atoms with Crippen molar-refractivity contribution >= 4 is 0 Å². The van der Waals surface area contributed by atoms with Crippen LogP contribution in [0.2, 0.25) is 0 Å². The minimum atomic E-state index is 0.505. The van der Waals surface area contributed by atoms with Gasteiger partial charge in [-0.05, 0) is 44.0 Å². The maximum absolute atomic E-state index is 4.36. The summed E-state index contributed by atoms with van der Waals surface area (Å²) in [6.07, 6.45) is 4.40. The Hall–Kier alpha value is -0.890. The lowest BCUT2D eigenvalue weighted by atomic mass is 10.1. The highest BCUT2D eigenvalue weighted by molar-refractivity contribution is 5.17. The number of rotatable bonds is 1. The SMILES string of the molecule is Cc1ccnc(C2CCCN2)c1. The molecule has 12 heavy (non-hydrogen) atoms. The number of aromatic nitrogens is 1.